The Bertz CT molecular complexity index is 629. The predicted octanol–water partition coefficient (Wildman–Crippen LogP) is 1.18. The normalized spacial score (nSPS) is 21.2. The number of piperidine rings is 1. The molecule has 0 saturated carbocycles. The highest BCUT2D eigenvalue weighted by atomic mass is 16.5. The van der Waals surface area contributed by atoms with E-state index >= 15 is 0 Å². The predicted molar refractivity (Wildman–Crippen MR) is 95.6 cm³/mol. The molecule has 1 aromatic rings. The Kier molecular flexibility index (Phi) is 5.31. The summed E-state index contributed by atoms with van der Waals surface area (Å²) in [6.45, 7) is 2.82. The SMILES string of the molecule is COc1ccccc1N1CC[C@H](NC(=O)N2CCC(C(N)=O)CC2)C1. The van der Waals surface area contributed by atoms with Gasteiger partial charge in [0.15, 0.2) is 0 Å². The number of rotatable bonds is 4. The van der Waals surface area contributed by atoms with Gasteiger partial charge < -0.3 is 25.6 Å². The van der Waals surface area contributed by atoms with Crippen LogP contribution in [0.15, 0.2) is 24.3 Å². The summed E-state index contributed by atoms with van der Waals surface area (Å²) >= 11 is 0. The van der Waals surface area contributed by atoms with Gasteiger partial charge >= 0.3 is 6.03 Å². The van der Waals surface area contributed by atoms with Gasteiger partial charge in [0.1, 0.15) is 5.75 Å². The first kappa shape index (κ1) is 17.4. The number of benzene rings is 1. The number of primary amides is 1. The lowest BCUT2D eigenvalue weighted by atomic mass is 9.96. The Balaban J connectivity index is 1.51. The molecule has 3 N–H and O–H groups in total. The van der Waals surface area contributed by atoms with Crippen molar-refractivity contribution in [1.29, 1.82) is 0 Å². The van der Waals surface area contributed by atoms with Crippen molar-refractivity contribution in [2.24, 2.45) is 11.7 Å². The van der Waals surface area contributed by atoms with Crippen molar-refractivity contribution >= 4 is 17.6 Å². The molecular formula is C18H26N4O3. The molecule has 25 heavy (non-hydrogen) atoms. The molecular weight excluding hydrogens is 320 g/mol. The van der Waals surface area contributed by atoms with Gasteiger partial charge in [-0.1, -0.05) is 12.1 Å². The number of methoxy groups -OCH3 is 1. The monoisotopic (exact) mass is 346 g/mol. The minimum absolute atomic E-state index is 0.0465. The molecule has 7 heteroatoms. The van der Waals surface area contributed by atoms with Crippen LogP contribution >= 0.6 is 0 Å². The Morgan fingerprint density at radius 2 is 1.88 bits per heavy atom. The van der Waals surface area contributed by atoms with Crippen molar-refractivity contribution in [3.63, 3.8) is 0 Å². The lowest BCUT2D eigenvalue weighted by molar-refractivity contribution is -0.123. The number of urea groups is 1. The number of nitrogens with zero attached hydrogens (tertiary/aromatic N) is 2. The number of nitrogens with one attached hydrogen (secondary N) is 1. The number of likely N-dealkylation sites (tertiary alicyclic amines) is 1. The molecule has 0 aromatic heterocycles. The fourth-order valence-electron chi connectivity index (χ4n) is 3.62. The van der Waals surface area contributed by atoms with Crippen LogP contribution in [-0.4, -0.2) is 56.2 Å². The summed E-state index contributed by atoms with van der Waals surface area (Å²) in [5.74, 6) is 0.489. The van der Waals surface area contributed by atoms with Gasteiger partial charge in [0.05, 0.1) is 12.8 Å². The summed E-state index contributed by atoms with van der Waals surface area (Å²) in [6, 6.07) is 8.00. The zero-order valence-corrected chi connectivity index (χ0v) is 14.6. The van der Waals surface area contributed by atoms with Gasteiger partial charge in [-0.3, -0.25) is 4.79 Å². The summed E-state index contributed by atoms with van der Waals surface area (Å²) in [5.41, 5.74) is 6.40. The number of para-hydroxylation sites is 2. The molecule has 1 atom stereocenters. The van der Waals surface area contributed by atoms with Gasteiger partial charge in [-0.15, -0.1) is 0 Å². The lowest BCUT2D eigenvalue weighted by Gasteiger charge is -2.31. The van der Waals surface area contributed by atoms with Crippen LogP contribution in [0.25, 0.3) is 0 Å². The molecule has 2 saturated heterocycles. The average molecular weight is 346 g/mol. The lowest BCUT2D eigenvalue weighted by Crippen LogP contribution is -2.49. The molecule has 0 radical (unpaired) electrons. The van der Waals surface area contributed by atoms with Gasteiger partial charge in [0.25, 0.3) is 0 Å². The van der Waals surface area contributed by atoms with Crippen LogP contribution in [0.3, 0.4) is 0 Å². The number of amides is 3. The topological polar surface area (TPSA) is 87.9 Å². The number of carbonyl (C=O) groups excluding carboxylic acids is 2. The maximum Gasteiger partial charge on any atom is 0.317 e. The van der Waals surface area contributed by atoms with Gasteiger partial charge in [-0.05, 0) is 31.4 Å². The second kappa shape index (κ2) is 7.63. The zero-order chi connectivity index (χ0) is 17.8. The second-order valence-electron chi connectivity index (χ2n) is 6.72. The molecule has 0 spiro atoms. The fourth-order valence-corrected chi connectivity index (χ4v) is 3.62. The molecule has 0 aliphatic carbocycles. The van der Waals surface area contributed by atoms with Crippen molar-refractivity contribution < 1.29 is 14.3 Å². The molecule has 2 aliphatic heterocycles. The van der Waals surface area contributed by atoms with Crippen LogP contribution in [0.5, 0.6) is 5.75 Å². The smallest absolute Gasteiger partial charge is 0.317 e. The largest absolute Gasteiger partial charge is 0.495 e. The second-order valence-corrected chi connectivity index (χ2v) is 6.72. The number of anilines is 1. The van der Waals surface area contributed by atoms with Crippen molar-refractivity contribution in [2.75, 3.05) is 38.2 Å². The third-order valence-corrected chi connectivity index (χ3v) is 5.13. The van der Waals surface area contributed by atoms with Crippen molar-refractivity contribution in [3.8, 4) is 5.75 Å². The Morgan fingerprint density at radius 3 is 2.56 bits per heavy atom. The van der Waals surface area contributed by atoms with E-state index in [2.05, 4.69) is 10.2 Å². The number of hydrogen-bond donors (Lipinski definition) is 2. The van der Waals surface area contributed by atoms with Crippen molar-refractivity contribution in [3.05, 3.63) is 24.3 Å². The van der Waals surface area contributed by atoms with Crippen LogP contribution in [0, 0.1) is 5.92 Å². The van der Waals surface area contributed by atoms with Gasteiger partial charge in [0, 0.05) is 38.1 Å². The molecule has 2 heterocycles. The first-order valence-electron chi connectivity index (χ1n) is 8.81. The molecule has 3 amide bonds. The third-order valence-electron chi connectivity index (χ3n) is 5.13. The molecule has 0 unspecified atom stereocenters. The first-order valence-corrected chi connectivity index (χ1v) is 8.81. The average Bonchev–Trinajstić information content (AvgIpc) is 3.10. The van der Waals surface area contributed by atoms with E-state index in [9.17, 15) is 9.59 Å². The van der Waals surface area contributed by atoms with E-state index in [1.54, 1.807) is 12.0 Å². The molecule has 7 nitrogen and oxygen atoms in total. The van der Waals surface area contributed by atoms with Crippen LogP contribution in [-0.2, 0) is 4.79 Å². The quantitative estimate of drug-likeness (QED) is 0.857. The summed E-state index contributed by atoms with van der Waals surface area (Å²) in [4.78, 5) is 27.7. The number of nitrogens with two attached hydrogens (primary N) is 1. The standard InChI is InChI=1S/C18H26N4O3/c1-25-16-5-3-2-4-15(16)22-11-8-14(12-22)20-18(24)21-9-6-13(7-10-21)17(19)23/h2-5,13-14H,6-12H2,1H3,(H2,19,23)(H,20,24)/t14-/m0/s1. The fraction of sp³-hybridized carbons (Fsp3) is 0.556. The maximum atomic E-state index is 12.5. The highest BCUT2D eigenvalue weighted by molar-refractivity contribution is 5.78. The molecule has 0 bridgehead atoms. The Morgan fingerprint density at radius 1 is 1.16 bits per heavy atom. The summed E-state index contributed by atoms with van der Waals surface area (Å²) < 4.78 is 5.42. The molecule has 2 aliphatic rings. The van der Waals surface area contributed by atoms with Crippen LogP contribution in [0.1, 0.15) is 19.3 Å². The van der Waals surface area contributed by atoms with Crippen LogP contribution in [0.2, 0.25) is 0 Å². The van der Waals surface area contributed by atoms with E-state index < -0.39 is 0 Å². The first-order chi connectivity index (χ1) is 12.1. The maximum absolute atomic E-state index is 12.5. The summed E-state index contributed by atoms with van der Waals surface area (Å²) in [5, 5.41) is 3.12. The Hall–Kier alpha value is -2.44. The molecule has 2 fully saturated rings. The van der Waals surface area contributed by atoms with Crippen molar-refractivity contribution in [2.45, 2.75) is 25.3 Å². The van der Waals surface area contributed by atoms with E-state index in [4.69, 9.17) is 10.5 Å². The molecule has 136 valence electrons. The van der Waals surface area contributed by atoms with E-state index in [0.29, 0.717) is 25.9 Å². The van der Waals surface area contributed by atoms with E-state index in [1.807, 2.05) is 24.3 Å². The van der Waals surface area contributed by atoms with E-state index in [-0.39, 0.29) is 23.9 Å². The Labute approximate surface area is 148 Å². The number of carbonyl (C=O) groups is 2. The highest BCUT2D eigenvalue weighted by Gasteiger charge is 2.30. The van der Waals surface area contributed by atoms with Gasteiger partial charge in [-0.25, -0.2) is 4.79 Å². The summed E-state index contributed by atoms with van der Waals surface area (Å²) in [7, 11) is 1.67. The summed E-state index contributed by atoms with van der Waals surface area (Å²) in [6.07, 6.45) is 2.21. The van der Waals surface area contributed by atoms with Crippen molar-refractivity contribution in [1.82, 2.24) is 10.2 Å². The molecule has 3 rings (SSSR count). The molecule has 1 aromatic carbocycles. The van der Waals surface area contributed by atoms with E-state index in [0.717, 1.165) is 30.9 Å². The minimum atomic E-state index is -0.261. The zero-order valence-electron chi connectivity index (χ0n) is 14.6. The third kappa shape index (κ3) is 3.97. The van der Waals surface area contributed by atoms with Gasteiger partial charge in [0.2, 0.25) is 5.91 Å². The van der Waals surface area contributed by atoms with Crippen LogP contribution < -0.4 is 20.7 Å². The minimum Gasteiger partial charge on any atom is -0.495 e. The number of ether oxygens (including phenoxy) is 1. The number of hydrogen-bond acceptors (Lipinski definition) is 4. The van der Waals surface area contributed by atoms with E-state index in [1.165, 1.54) is 0 Å². The van der Waals surface area contributed by atoms with Crippen LogP contribution in [0.4, 0.5) is 10.5 Å². The highest BCUT2D eigenvalue weighted by Crippen LogP contribution is 2.30. The van der Waals surface area contributed by atoms with Gasteiger partial charge in [-0.2, -0.15) is 0 Å².